The van der Waals surface area contributed by atoms with Gasteiger partial charge in [-0.2, -0.15) is 4.98 Å². The molecule has 0 aliphatic heterocycles. The van der Waals surface area contributed by atoms with Gasteiger partial charge in [-0.25, -0.2) is 9.97 Å². The van der Waals surface area contributed by atoms with Gasteiger partial charge in [0.25, 0.3) is 0 Å². The van der Waals surface area contributed by atoms with E-state index in [2.05, 4.69) is 15.0 Å². The third-order valence-corrected chi connectivity index (χ3v) is 1.87. The summed E-state index contributed by atoms with van der Waals surface area (Å²) in [5.41, 5.74) is 0.709. The molecule has 0 unspecified atom stereocenters. The maximum absolute atomic E-state index is 9.19. The van der Waals surface area contributed by atoms with Crippen molar-refractivity contribution in [2.45, 2.75) is 6.92 Å². The maximum atomic E-state index is 9.19. The minimum absolute atomic E-state index is 0.00114. The number of hydrogen-bond acceptors (Lipinski definition) is 4. The Morgan fingerprint density at radius 3 is 2.71 bits per heavy atom. The fourth-order valence-electron chi connectivity index (χ4n) is 1.27. The van der Waals surface area contributed by atoms with Crippen molar-refractivity contribution in [1.29, 1.82) is 0 Å². The Hall–Kier alpha value is -1.91. The summed E-state index contributed by atoms with van der Waals surface area (Å²) in [5, 5.41) is 9.19. The van der Waals surface area contributed by atoms with Gasteiger partial charge in [0.15, 0.2) is 5.82 Å². The van der Waals surface area contributed by atoms with Gasteiger partial charge in [0.2, 0.25) is 5.88 Å². The first-order valence-corrected chi connectivity index (χ1v) is 4.19. The van der Waals surface area contributed by atoms with Crippen molar-refractivity contribution in [2.75, 3.05) is 0 Å². The third kappa shape index (κ3) is 1.44. The highest BCUT2D eigenvalue weighted by Crippen LogP contribution is 2.17. The molecule has 0 radical (unpaired) electrons. The van der Waals surface area contributed by atoms with Crippen molar-refractivity contribution in [3.05, 3.63) is 24.3 Å². The normalized spacial score (nSPS) is 10.4. The van der Waals surface area contributed by atoms with Gasteiger partial charge in [0, 0.05) is 13.2 Å². The van der Waals surface area contributed by atoms with Crippen LogP contribution in [-0.4, -0.2) is 24.6 Å². The van der Waals surface area contributed by atoms with Crippen molar-refractivity contribution >= 4 is 0 Å². The van der Waals surface area contributed by atoms with E-state index in [-0.39, 0.29) is 5.88 Å². The molecule has 0 saturated carbocycles. The fraction of sp³-hybridized carbons (Fsp3) is 0.222. The number of aryl methyl sites for hydroxylation is 2. The minimum atomic E-state index is -0.00114. The lowest BCUT2D eigenvalue weighted by Gasteiger charge is -1.99. The first-order valence-electron chi connectivity index (χ1n) is 4.19. The second kappa shape index (κ2) is 3.10. The molecule has 72 valence electrons. The lowest BCUT2D eigenvalue weighted by atomic mass is 10.4. The van der Waals surface area contributed by atoms with Gasteiger partial charge in [-0.15, -0.1) is 0 Å². The van der Waals surface area contributed by atoms with E-state index in [1.54, 1.807) is 23.9 Å². The first kappa shape index (κ1) is 8.68. The molecule has 5 heteroatoms. The zero-order valence-electron chi connectivity index (χ0n) is 7.97. The van der Waals surface area contributed by atoms with E-state index < -0.39 is 0 Å². The highest BCUT2D eigenvalue weighted by atomic mass is 16.3. The lowest BCUT2D eigenvalue weighted by Crippen LogP contribution is -1.96. The van der Waals surface area contributed by atoms with E-state index in [0.29, 0.717) is 17.3 Å². The van der Waals surface area contributed by atoms with Crippen molar-refractivity contribution < 1.29 is 5.11 Å². The molecule has 0 bridgehead atoms. The predicted molar refractivity (Wildman–Crippen MR) is 50.6 cm³/mol. The Labute approximate surface area is 81.1 Å². The van der Waals surface area contributed by atoms with E-state index in [1.165, 1.54) is 6.20 Å². The Balaban J connectivity index is 2.54. The molecular weight excluding hydrogens is 180 g/mol. The van der Waals surface area contributed by atoms with Gasteiger partial charge in [-0.3, -0.25) is 0 Å². The average Bonchev–Trinajstić information content (AvgIpc) is 2.45. The summed E-state index contributed by atoms with van der Waals surface area (Å²) >= 11 is 0. The van der Waals surface area contributed by atoms with Crippen LogP contribution in [-0.2, 0) is 7.05 Å². The Morgan fingerprint density at radius 2 is 2.14 bits per heavy atom. The van der Waals surface area contributed by atoms with Crippen LogP contribution in [0.4, 0.5) is 0 Å². The Bertz CT molecular complexity index is 464. The number of aromatic hydroxyl groups is 1. The minimum Gasteiger partial charge on any atom is -0.492 e. The molecule has 2 rings (SSSR count). The Kier molecular flexibility index (Phi) is 1.92. The molecule has 0 aliphatic carbocycles. The largest absolute Gasteiger partial charge is 0.492 e. The van der Waals surface area contributed by atoms with Crippen LogP contribution < -0.4 is 0 Å². The molecule has 2 heterocycles. The number of hydrogen-bond donors (Lipinski definition) is 1. The van der Waals surface area contributed by atoms with Crippen LogP contribution in [0, 0.1) is 6.92 Å². The summed E-state index contributed by atoms with van der Waals surface area (Å²) in [6.45, 7) is 1.81. The summed E-state index contributed by atoms with van der Waals surface area (Å²) in [4.78, 5) is 12.2. The van der Waals surface area contributed by atoms with Crippen LogP contribution in [0.1, 0.15) is 5.82 Å². The SMILES string of the molecule is Cc1nccc(-c2nc(O)cn2C)n1. The standard InChI is InChI=1S/C9H10N4O/c1-6-10-4-3-7(11-6)9-12-8(14)5-13(9)2/h3-5,14H,1-2H3. The van der Waals surface area contributed by atoms with Crippen LogP contribution in [0.25, 0.3) is 11.5 Å². The Morgan fingerprint density at radius 1 is 1.36 bits per heavy atom. The second-order valence-electron chi connectivity index (χ2n) is 3.02. The molecule has 0 aromatic carbocycles. The molecule has 1 N–H and O–H groups in total. The molecule has 0 fully saturated rings. The van der Waals surface area contributed by atoms with Gasteiger partial charge in [0.1, 0.15) is 11.5 Å². The summed E-state index contributed by atoms with van der Waals surface area (Å²) in [7, 11) is 1.81. The lowest BCUT2D eigenvalue weighted by molar-refractivity contribution is 0.456. The van der Waals surface area contributed by atoms with Gasteiger partial charge >= 0.3 is 0 Å². The van der Waals surface area contributed by atoms with Crippen LogP contribution in [0.2, 0.25) is 0 Å². The molecular formula is C9H10N4O. The molecule has 2 aromatic heterocycles. The molecule has 0 aliphatic rings. The number of nitrogens with zero attached hydrogens (tertiary/aromatic N) is 4. The topological polar surface area (TPSA) is 63.8 Å². The van der Waals surface area contributed by atoms with E-state index in [9.17, 15) is 5.11 Å². The molecule has 14 heavy (non-hydrogen) atoms. The highest BCUT2D eigenvalue weighted by molar-refractivity contribution is 5.50. The monoisotopic (exact) mass is 190 g/mol. The molecule has 2 aromatic rings. The molecule has 0 saturated heterocycles. The van der Waals surface area contributed by atoms with Crippen LogP contribution in [0.3, 0.4) is 0 Å². The highest BCUT2D eigenvalue weighted by Gasteiger charge is 2.07. The van der Waals surface area contributed by atoms with Gasteiger partial charge in [-0.05, 0) is 13.0 Å². The molecule has 0 atom stereocenters. The predicted octanol–water partition coefficient (Wildman–Crippen LogP) is 0.891. The zero-order chi connectivity index (χ0) is 10.1. The number of aromatic nitrogens is 4. The van der Waals surface area contributed by atoms with E-state index in [4.69, 9.17) is 0 Å². The average molecular weight is 190 g/mol. The summed E-state index contributed by atoms with van der Waals surface area (Å²) in [6, 6.07) is 1.76. The van der Waals surface area contributed by atoms with Gasteiger partial charge < -0.3 is 9.67 Å². The van der Waals surface area contributed by atoms with Gasteiger partial charge in [0.05, 0.1) is 6.20 Å². The summed E-state index contributed by atoms with van der Waals surface area (Å²) in [6.07, 6.45) is 3.20. The smallest absolute Gasteiger partial charge is 0.229 e. The molecule has 0 spiro atoms. The van der Waals surface area contributed by atoms with Crippen molar-refractivity contribution in [2.24, 2.45) is 7.05 Å². The van der Waals surface area contributed by atoms with Gasteiger partial charge in [-0.1, -0.05) is 0 Å². The zero-order valence-corrected chi connectivity index (χ0v) is 7.97. The van der Waals surface area contributed by atoms with E-state index in [0.717, 1.165) is 0 Å². The van der Waals surface area contributed by atoms with Crippen molar-refractivity contribution in [3.8, 4) is 17.4 Å². The quantitative estimate of drug-likeness (QED) is 0.725. The summed E-state index contributed by atoms with van der Waals surface area (Å²) < 4.78 is 1.72. The van der Waals surface area contributed by atoms with Crippen molar-refractivity contribution in [3.63, 3.8) is 0 Å². The number of imidazole rings is 1. The fourth-order valence-corrected chi connectivity index (χ4v) is 1.27. The van der Waals surface area contributed by atoms with Crippen LogP contribution in [0.5, 0.6) is 5.88 Å². The van der Waals surface area contributed by atoms with Crippen molar-refractivity contribution in [1.82, 2.24) is 19.5 Å². The summed E-state index contributed by atoms with van der Waals surface area (Å²) in [5.74, 6) is 1.32. The number of rotatable bonds is 1. The molecule has 5 nitrogen and oxygen atoms in total. The third-order valence-electron chi connectivity index (χ3n) is 1.87. The van der Waals surface area contributed by atoms with E-state index >= 15 is 0 Å². The maximum Gasteiger partial charge on any atom is 0.229 e. The van der Waals surface area contributed by atoms with Crippen LogP contribution in [0.15, 0.2) is 18.5 Å². The van der Waals surface area contributed by atoms with Crippen LogP contribution >= 0.6 is 0 Å². The van der Waals surface area contributed by atoms with E-state index in [1.807, 2.05) is 6.92 Å². The first-order chi connectivity index (χ1) is 6.66. The molecule has 0 amide bonds. The second-order valence-corrected chi connectivity index (χ2v) is 3.02.